The molecule has 1 N–H and O–H groups in total. The number of hydrogen-bond donors (Lipinski definition) is 1. The molecule has 0 aliphatic carbocycles. The second-order valence-corrected chi connectivity index (χ2v) is 8.29. The van der Waals surface area contributed by atoms with Crippen LogP contribution in [0.3, 0.4) is 0 Å². The number of carbonyl (C=O) groups excluding carboxylic acids is 2. The first kappa shape index (κ1) is 23.6. The van der Waals surface area contributed by atoms with Gasteiger partial charge in [0.15, 0.2) is 0 Å². The lowest BCUT2D eigenvalue weighted by Crippen LogP contribution is -2.45. The highest BCUT2D eigenvalue weighted by Gasteiger charge is 2.27. The molecule has 0 saturated heterocycles. The number of likely N-dealkylation sites (N-methyl/N-ethyl adjacent to an activating group) is 2. The Morgan fingerprint density at radius 2 is 2.00 bits per heavy atom. The topological polar surface area (TPSA) is 96.9 Å². The van der Waals surface area contributed by atoms with Gasteiger partial charge in [0.25, 0.3) is 11.8 Å². The van der Waals surface area contributed by atoms with Crippen LogP contribution >= 0.6 is 0 Å². The molecule has 9 heteroatoms. The molecule has 2 aromatic rings. The molecule has 1 aromatic carbocycles. The van der Waals surface area contributed by atoms with Crippen LogP contribution < -0.4 is 10.1 Å². The summed E-state index contributed by atoms with van der Waals surface area (Å²) < 4.78 is 11.7. The van der Waals surface area contributed by atoms with Gasteiger partial charge in [-0.25, -0.2) is 4.98 Å². The average Bonchev–Trinajstić information content (AvgIpc) is 2.80. The number of nitrogens with zero attached hydrogens (tertiary/aromatic N) is 4. The fraction of sp³-hybridized carbons (Fsp3) is 0.478. The van der Waals surface area contributed by atoms with Crippen molar-refractivity contribution in [2.75, 3.05) is 46.2 Å². The SMILES string of the molecule is CO[C@@H]1CN(C)C(=O)c2cc(NC(=O)c3cnccn3)ccc2OC[C@@H](C)N(C)C[C@@H]1C. The molecule has 3 atom stereocenters. The largest absolute Gasteiger partial charge is 0.491 e. The molecule has 0 fully saturated rings. The summed E-state index contributed by atoms with van der Waals surface area (Å²) in [5.41, 5.74) is 1.04. The molecular formula is C23H31N5O4. The molecule has 0 spiro atoms. The van der Waals surface area contributed by atoms with E-state index in [1.54, 1.807) is 37.3 Å². The second-order valence-electron chi connectivity index (χ2n) is 8.29. The number of rotatable bonds is 3. The summed E-state index contributed by atoms with van der Waals surface area (Å²) in [6.45, 7) is 5.90. The number of hydrogen-bond acceptors (Lipinski definition) is 7. The minimum atomic E-state index is -0.406. The highest BCUT2D eigenvalue weighted by atomic mass is 16.5. The predicted octanol–water partition coefficient (Wildman–Crippen LogP) is 2.16. The van der Waals surface area contributed by atoms with Crippen LogP contribution in [0.25, 0.3) is 0 Å². The van der Waals surface area contributed by atoms with E-state index < -0.39 is 5.91 Å². The predicted molar refractivity (Wildman–Crippen MR) is 121 cm³/mol. The van der Waals surface area contributed by atoms with Crippen molar-refractivity contribution in [3.05, 3.63) is 48.0 Å². The van der Waals surface area contributed by atoms with Gasteiger partial charge in [0.05, 0.1) is 17.9 Å². The van der Waals surface area contributed by atoms with E-state index >= 15 is 0 Å². The van der Waals surface area contributed by atoms with E-state index in [0.717, 1.165) is 6.54 Å². The Kier molecular flexibility index (Phi) is 7.76. The van der Waals surface area contributed by atoms with Crippen LogP contribution in [0.4, 0.5) is 5.69 Å². The summed E-state index contributed by atoms with van der Waals surface area (Å²) in [5, 5.41) is 2.77. The molecular weight excluding hydrogens is 410 g/mol. The minimum Gasteiger partial charge on any atom is -0.491 e. The zero-order valence-corrected chi connectivity index (χ0v) is 19.2. The maximum Gasteiger partial charge on any atom is 0.275 e. The minimum absolute atomic E-state index is 0.109. The maximum absolute atomic E-state index is 13.3. The van der Waals surface area contributed by atoms with Gasteiger partial charge in [0.1, 0.15) is 18.1 Å². The molecule has 0 bridgehead atoms. The van der Waals surface area contributed by atoms with Gasteiger partial charge in [-0.05, 0) is 38.1 Å². The molecule has 9 nitrogen and oxygen atoms in total. The monoisotopic (exact) mass is 441 g/mol. The van der Waals surface area contributed by atoms with Crippen LogP contribution in [-0.2, 0) is 4.74 Å². The molecule has 2 amide bonds. The van der Waals surface area contributed by atoms with Crippen LogP contribution in [-0.4, -0.2) is 84.6 Å². The highest BCUT2D eigenvalue weighted by molar-refractivity contribution is 6.04. The van der Waals surface area contributed by atoms with Gasteiger partial charge < -0.3 is 19.7 Å². The molecule has 0 saturated carbocycles. The zero-order valence-electron chi connectivity index (χ0n) is 19.2. The molecule has 1 aliphatic heterocycles. The Labute approximate surface area is 188 Å². The van der Waals surface area contributed by atoms with E-state index in [1.807, 2.05) is 0 Å². The Hall–Kier alpha value is -3.04. The van der Waals surface area contributed by atoms with E-state index in [0.29, 0.717) is 30.2 Å². The molecule has 1 aromatic heterocycles. The fourth-order valence-corrected chi connectivity index (χ4v) is 3.65. The average molecular weight is 442 g/mol. The van der Waals surface area contributed by atoms with Gasteiger partial charge in [-0.2, -0.15) is 0 Å². The van der Waals surface area contributed by atoms with Crippen LogP contribution in [0.5, 0.6) is 5.75 Å². The van der Waals surface area contributed by atoms with E-state index in [2.05, 4.69) is 41.1 Å². The summed E-state index contributed by atoms with van der Waals surface area (Å²) in [5.74, 6) is 0.0873. The summed E-state index contributed by atoms with van der Waals surface area (Å²) in [6.07, 6.45) is 4.22. The number of methoxy groups -OCH3 is 1. The standard InChI is InChI=1S/C23H31N5O4/c1-15-12-27(3)16(2)14-32-20-7-6-17(26-22(29)19-11-24-8-9-25-19)10-18(20)23(30)28(4)13-21(15)31-5/h6-11,15-16,21H,12-14H2,1-5H3,(H,26,29)/t15-,16+,21+/m0/s1. The Bertz CT molecular complexity index is 939. The first-order chi connectivity index (χ1) is 15.3. The van der Waals surface area contributed by atoms with Gasteiger partial charge in [-0.3, -0.25) is 19.5 Å². The van der Waals surface area contributed by atoms with Gasteiger partial charge in [-0.1, -0.05) is 6.92 Å². The Balaban J connectivity index is 1.91. The van der Waals surface area contributed by atoms with Gasteiger partial charge in [0.2, 0.25) is 0 Å². The first-order valence-corrected chi connectivity index (χ1v) is 10.6. The van der Waals surface area contributed by atoms with E-state index in [9.17, 15) is 9.59 Å². The molecule has 0 radical (unpaired) electrons. The molecule has 172 valence electrons. The quantitative estimate of drug-likeness (QED) is 0.780. The number of anilines is 1. The number of aromatic nitrogens is 2. The van der Waals surface area contributed by atoms with E-state index in [4.69, 9.17) is 9.47 Å². The third-order valence-electron chi connectivity index (χ3n) is 5.81. The normalized spacial score (nSPS) is 22.8. The summed E-state index contributed by atoms with van der Waals surface area (Å²) >= 11 is 0. The fourth-order valence-electron chi connectivity index (χ4n) is 3.65. The summed E-state index contributed by atoms with van der Waals surface area (Å²) in [7, 11) is 5.48. The number of nitrogens with one attached hydrogen (secondary N) is 1. The first-order valence-electron chi connectivity index (χ1n) is 10.6. The number of fused-ring (bicyclic) bond motifs is 1. The van der Waals surface area contributed by atoms with Crippen LogP contribution in [0.15, 0.2) is 36.8 Å². The van der Waals surface area contributed by atoms with E-state index in [1.165, 1.54) is 18.6 Å². The molecule has 3 rings (SSSR count). The third-order valence-corrected chi connectivity index (χ3v) is 5.81. The number of benzene rings is 1. The van der Waals surface area contributed by atoms with Crippen LogP contribution in [0.1, 0.15) is 34.7 Å². The molecule has 2 heterocycles. The highest BCUT2D eigenvalue weighted by Crippen LogP contribution is 2.26. The lowest BCUT2D eigenvalue weighted by atomic mass is 10.0. The van der Waals surface area contributed by atoms with Crippen molar-refractivity contribution in [2.45, 2.75) is 26.0 Å². The Morgan fingerprint density at radius 3 is 2.69 bits per heavy atom. The summed E-state index contributed by atoms with van der Waals surface area (Å²) in [4.78, 5) is 37.6. The number of amides is 2. The van der Waals surface area contributed by atoms with Gasteiger partial charge >= 0.3 is 0 Å². The zero-order chi connectivity index (χ0) is 23.3. The molecule has 0 unspecified atom stereocenters. The number of ether oxygens (including phenoxy) is 2. The van der Waals surface area contributed by atoms with E-state index in [-0.39, 0.29) is 29.7 Å². The van der Waals surface area contributed by atoms with Crippen molar-refractivity contribution < 1.29 is 19.1 Å². The second kappa shape index (κ2) is 10.5. The van der Waals surface area contributed by atoms with Gasteiger partial charge in [0, 0.05) is 51.4 Å². The third kappa shape index (κ3) is 5.60. The maximum atomic E-state index is 13.3. The van der Waals surface area contributed by atoms with Crippen molar-refractivity contribution in [3.63, 3.8) is 0 Å². The summed E-state index contributed by atoms with van der Waals surface area (Å²) in [6, 6.07) is 5.20. The molecule has 1 aliphatic rings. The van der Waals surface area contributed by atoms with Crippen LogP contribution in [0.2, 0.25) is 0 Å². The van der Waals surface area contributed by atoms with Crippen molar-refractivity contribution in [3.8, 4) is 5.75 Å². The molecule has 32 heavy (non-hydrogen) atoms. The Morgan fingerprint density at radius 1 is 1.22 bits per heavy atom. The van der Waals surface area contributed by atoms with Crippen molar-refractivity contribution in [1.82, 2.24) is 19.8 Å². The van der Waals surface area contributed by atoms with Crippen molar-refractivity contribution >= 4 is 17.5 Å². The van der Waals surface area contributed by atoms with Crippen molar-refractivity contribution in [1.29, 1.82) is 0 Å². The number of carbonyl (C=O) groups is 2. The van der Waals surface area contributed by atoms with Crippen molar-refractivity contribution in [2.24, 2.45) is 5.92 Å². The smallest absolute Gasteiger partial charge is 0.275 e. The lowest BCUT2D eigenvalue weighted by Gasteiger charge is -2.34. The van der Waals surface area contributed by atoms with Gasteiger partial charge in [-0.15, -0.1) is 0 Å². The lowest BCUT2D eigenvalue weighted by molar-refractivity contribution is 0.0150. The van der Waals surface area contributed by atoms with Crippen LogP contribution in [0, 0.1) is 5.92 Å².